The molecular formula is C13H20ClNO4S2. The fraction of sp³-hybridized carbons (Fsp3) is 0.538. The summed E-state index contributed by atoms with van der Waals surface area (Å²) in [5, 5.41) is 9.89. The summed E-state index contributed by atoms with van der Waals surface area (Å²) in [6.45, 7) is 2.01. The Hall–Kier alpha value is -0.470. The smallest absolute Gasteiger partial charge is 0.244 e. The van der Waals surface area contributed by atoms with E-state index in [1.807, 2.05) is 13.2 Å². The maximum Gasteiger partial charge on any atom is 0.244 e. The number of halogens is 1. The van der Waals surface area contributed by atoms with Crippen molar-refractivity contribution in [3.05, 3.63) is 22.7 Å². The first kappa shape index (κ1) is 18.6. The number of hydrogen-bond donors (Lipinski definition) is 2. The molecule has 120 valence electrons. The van der Waals surface area contributed by atoms with Gasteiger partial charge in [0.05, 0.1) is 13.7 Å². The van der Waals surface area contributed by atoms with Crippen molar-refractivity contribution in [1.82, 2.24) is 4.72 Å². The largest absolute Gasteiger partial charge is 0.495 e. The molecular weight excluding hydrogens is 334 g/mol. The van der Waals surface area contributed by atoms with Crippen molar-refractivity contribution in [2.45, 2.75) is 30.1 Å². The highest BCUT2D eigenvalue weighted by atomic mass is 35.5. The van der Waals surface area contributed by atoms with Gasteiger partial charge in [0.15, 0.2) is 0 Å². The van der Waals surface area contributed by atoms with Gasteiger partial charge in [-0.3, -0.25) is 0 Å². The van der Waals surface area contributed by atoms with E-state index in [4.69, 9.17) is 16.3 Å². The molecule has 0 aromatic heterocycles. The number of rotatable bonds is 8. The molecule has 0 saturated heterocycles. The van der Waals surface area contributed by atoms with Crippen LogP contribution in [0.3, 0.4) is 0 Å². The monoisotopic (exact) mass is 353 g/mol. The molecule has 0 aliphatic heterocycles. The Morgan fingerprint density at radius 3 is 2.67 bits per heavy atom. The van der Waals surface area contributed by atoms with Crippen molar-refractivity contribution in [1.29, 1.82) is 0 Å². The molecule has 0 bridgehead atoms. The highest BCUT2D eigenvalue weighted by Crippen LogP contribution is 2.31. The van der Waals surface area contributed by atoms with Crippen LogP contribution in [0.1, 0.15) is 18.9 Å². The first-order chi connectivity index (χ1) is 9.85. The molecule has 0 saturated carbocycles. The lowest BCUT2D eigenvalue weighted by molar-refractivity contribution is 0.272. The predicted molar refractivity (Wildman–Crippen MR) is 86.7 cm³/mol. The minimum Gasteiger partial charge on any atom is -0.495 e. The van der Waals surface area contributed by atoms with Gasteiger partial charge >= 0.3 is 0 Å². The number of benzene rings is 1. The molecule has 1 unspecified atom stereocenters. The fourth-order valence-corrected chi connectivity index (χ4v) is 3.71. The summed E-state index contributed by atoms with van der Waals surface area (Å²) in [4.78, 5) is -0.0571. The van der Waals surface area contributed by atoms with Gasteiger partial charge in [0.1, 0.15) is 10.6 Å². The molecule has 1 rings (SSSR count). The van der Waals surface area contributed by atoms with E-state index >= 15 is 0 Å². The van der Waals surface area contributed by atoms with E-state index in [0.717, 1.165) is 6.42 Å². The van der Waals surface area contributed by atoms with E-state index in [0.29, 0.717) is 17.4 Å². The molecule has 8 heteroatoms. The third kappa shape index (κ3) is 5.03. The quantitative estimate of drug-likeness (QED) is 0.749. The molecule has 1 aromatic carbocycles. The molecule has 1 atom stereocenters. The Kier molecular flexibility index (Phi) is 7.29. The summed E-state index contributed by atoms with van der Waals surface area (Å²) in [6.07, 6.45) is 2.70. The summed E-state index contributed by atoms with van der Waals surface area (Å²) in [7, 11) is -2.38. The van der Waals surface area contributed by atoms with Gasteiger partial charge < -0.3 is 9.84 Å². The van der Waals surface area contributed by atoms with Crippen LogP contribution in [0, 0.1) is 0 Å². The van der Waals surface area contributed by atoms with E-state index in [1.165, 1.54) is 19.2 Å². The first-order valence-electron chi connectivity index (χ1n) is 6.35. The van der Waals surface area contributed by atoms with Crippen LogP contribution >= 0.6 is 23.4 Å². The van der Waals surface area contributed by atoms with Crippen LogP contribution in [0.5, 0.6) is 5.75 Å². The third-order valence-corrected chi connectivity index (χ3v) is 5.73. The second-order valence-electron chi connectivity index (χ2n) is 4.49. The highest BCUT2D eigenvalue weighted by Gasteiger charge is 2.22. The first-order valence-corrected chi connectivity index (χ1v) is 9.50. The number of aliphatic hydroxyl groups is 1. The second kappa shape index (κ2) is 8.24. The number of hydrogen-bond acceptors (Lipinski definition) is 5. The van der Waals surface area contributed by atoms with Crippen LogP contribution in [0.4, 0.5) is 0 Å². The van der Waals surface area contributed by atoms with Crippen molar-refractivity contribution in [3.63, 3.8) is 0 Å². The van der Waals surface area contributed by atoms with Gasteiger partial charge in [-0.15, -0.1) is 0 Å². The number of thioether (sulfide) groups is 1. The third-order valence-electron chi connectivity index (χ3n) is 3.01. The minimum atomic E-state index is -3.74. The summed E-state index contributed by atoms with van der Waals surface area (Å²) < 4.78 is 32.4. The minimum absolute atomic E-state index is 0.0571. The average molecular weight is 354 g/mol. The zero-order chi connectivity index (χ0) is 16.0. The predicted octanol–water partition coefficient (Wildman–Crippen LogP) is 2.26. The van der Waals surface area contributed by atoms with Gasteiger partial charge in [-0.05, 0) is 24.8 Å². The van der Waals surface area contributed by atoms with Crippen LogP contribution in [0.25, 0.3) is 0 Å². The Bertz CT molecular complexity index is 578. The van der Waals surface area contributed by atoms with E-state index in [1.54, 1.807) is 11.8 Å². The van der Waals surface area contributed by atoms with Crippen LogP contribution < -0.4 is 9.46 Å². The normalized spacial score (nSPS) is 13.2. The fourth-order valence-electron chi connectivity index (χ4n) is 1.76. The van der Waals surface area contributed by atoms with Gasteiger partial charge in [0, 0.05) is 22.4 Å². The maximum absolute atomic E-state index is 12.4. The zero-order valence-corrected chi connectivity index (χ0v) is 14.6. The molecule has 0 amide bonds. The lowest BCUT2D eigenvalue weighted by Gasteiger charge is -2.15. The number of methoxy groups -OCH3 is 1. The van der Waals surface area contributed by atoms with Gasteiger partial charge in [0.2, 0.25) is 10.0 Å². The Morgan fingerprint density at radius 1 is 1.48 bits per heavy atom. The molecule has 0 spiro atoms. The summed E-state index contributed by atoms with van der Waals surface area (Å²) in [6, 6.07) is 2.80. The van der Waals surface area contributed by atoms with Crippen LogP contribution in [-0.4, -0.2) is 38.7 Å². The molecule has 0 aliphatic rings. The lowest BCUT2D eigenvalue weighted by atomic mass is 10.2. The molecule has 5 nitrogen and oxygen atoms in total. The van der Waals surface area contributed by atoms with E-state index in [9.17, 15) is 13.5 Å². The van der Waals surface area contributed by atoms with Crippen molar-refractivity contribution >= 4 is 33.4 Å². The van der Waals surface area contributed by atoms with Gasteiger partial charge in [-0.25, -0.2) is 13.1 Å². The van der Waals surface area contributed by atoms with E-state index < -0.39 is 10.0 Å². The van der Waals surface area contributed by atoms with Crippen LogP contribution in [-0.2, 0) is 16.6 Å². The molecule has 0 heterocycles. The summed E-state index contributed by atoms with van der Waals surface area (Å²) in [5.74, 6) is 0.118. The lowest BCUT2D eigenvalue weighted by Crippen LogP contribution is -2.27. The van der Waals surface area contributed by atoms with Crippen molar-refractivity contribution in [2.75, 3.05) is 19.9 Å². The molecule has 0 fully saturated rings. The Labute approximate surface area is 135 Å². The second-order valence-corrected chi connectivity index (χ2v) is 7.94. The van der Waals surface area contributed by atoms with Crippen LogP contribution in [0.2, 0.25) is 5.02 Å². The van der Waals surface area contributed by atoms with Crippen molar-refractivity contribution in [3.8, 4) is 5.75 Å². The van der Waals surface area contributed by atoms with Crippen molar-refractivity contribution < 1.29 is 18.3 Å². The topological polar surface area (TPSA) is 75.6 Å². The molecule has 0 aliphatic carbocycles. The molecule has 2 N–H and O–H groups in total. The SMILES string of the molecule is COc1c(CO)cc(Cl)cc1S(=O)(=O)NCCC(C)SC. The molecule has 1 aromatic rings. The van der Waals surface area contributed by atoms with E-state index in [-0.39, 0.29) is 22.3 Å². The molecule has 0 radical (unpaired) electrons. The standard InChI is InChI=1S/C13H20ClNO4S2/c1-9(20-3)4-5-15-21(17,18)12-7-11(14)6-10(8-16)13(12)19-2/h6-7,9,15-16H,4-5,8H2,1-3H3. The molecule has 21 heavy (non-hydrogen) atoms. The van der Waals surface area contributed by atoms with Crippen molar-refractivity contribution in [2.24, 2.45) is 0 Å². The van der Waals surface area contributed by atoms with Gasteiger partial charge in [0.25, 0.3) is 0 Å². The average Bonchev–Trinajstić information content (AvgIpc) is 2.45. The number of nitrogens with one attached hydrogen (secondary N) is 1. The maximum atomic E-state index is 12.4. The highest BCUT2D eigenvalue weighted by molar-refractivity contribution is 7.99. The Morgan fingerprint density at radius 2 is 2.14 bits per heavy atom. The number of sulfonamides is 1. The van der Waals surface area contributed by atoms with Gasteiger partial charge in [-0.1, -0.05) is 18.5 Å². The number of aliphatic hydroxyl groups excluding tert-OH is 1. The van der Waals surface area contributed by atoms with E-state index in [2.05, 4.69) is 4.72 Å². The summed E-state index contributed by atoms with van der Waals surface area (Å²) in [5.41, 5.74) is 0.336. The zero-order valence-electron chi connectivity index (χ0n) is 12.2. The Balaban J connectivity index is 3.04. The summed E-state index contributed by atoms with van der Waals surface area (Å²) >= 11 is 7.58. The number of ether oxygens (including phenoxy) is 1. The van der Waals surface area contributed by atoms with Crippen LogP contribution in [0.15, 0.2) is 17.0 Å². The van der Waals surface area contributed by atoms with Gasteiger partial charge in [-0.2, -0.15) is 11.8 Å².